The number of carbonyl (C=O) groups excluding carboxylic acids is 3. The molecule has 0 aromatic rings. The fourth-order valence-corrected chi connectivity index (χ4v) is 7.16. The number of hydrogen-bond donors (Lipinski definition) is 0. The molecule has 1 saturated heterocycles. The predicted molar refractivity (Wildman–Crippen MR) is 238 cm³/mol. The number of carbonyl (C=O) groups is 3. The smallest absolute Gasteiger partial charge is 0.313 e. The topological polar surface area (TPSA) is 101 Å². The van der Waals surface area contributed by atoms with E-state index in [1.54, 1.807) is 0 Å². The van der Waals surface area contributed by atoms with E-state index in [1.165, 1.54) is 77.0 Å². The molecule has 1 aliphatic heterocycles. The van der Waals surface area contributed by atoms with Crippen LogP contribution in [0.25, 0.3) is 0 Å². The molecule has 1 fully saturated rings. The molecule has 338 valence electrons. The van der Waals surface area contributed by atoms with E-state index in [2.05, 4.69) is 50.0 Å². The lowest BCUT2D eigenvalue weighted by molar-refractivity contribution is -0.163. The van der Waals surface area contributed by atoms with Gasteiger partial charge in [-0.1, -0.05) is 141 Å². The van der Waals surface area contributed by atoms with Crippen LogP contribution in [0.2, 0.25) is 0 Å². The number of unbranched alkanes of at least 4 members (excludes halogenated alkanes) is 18. The Morgan fingerprint density at radius 1 is 0.586 bits per heavy atom. The molecule has 58 heavy (non-hydrogen) atoms. The Morgan fingerprint density at radius 2 is 1.05 bits per heavy atom. The highest BCUT2D eigenvalue weighted by atomic mass is 16.7. The van der Waals surface area contributed by atoms with E-state index in [4.69, 9.17) is 23.7 Å². The lowest BCUT2D eigenvalue weighted by Gasteiger charge is -2.24. The van der Waals surface area contributed by atoms with Gasteiger partial charge in [-0.2, -0.15) is 0 Å². The van der Waals surface area contributed by atoms with Gasteiger partial charge in [0, 0.05) is 32.6 Å². The van der Waals surface area contributed by atoms with Crippen LogP contribution >= 0.6 is 0 Å². The number of esters is 3. The highest BCUT2D eigenvalue weighted by Crippen LogP contribution is 2.30. The fourth-order valence-electron chi connectivity index (χ4n) is 7.16. The fraction of sp³-hybridized carbons (Fsp3) is 0.857. The van der Waals surface area contributed by atoms with E-state index >= 15 is 0 Å². The molecule has 0 saturated carbocycles. The van der Waals surface area contributed by atoms with Crippen molar-refractivity contribution in [3.63, 3.8) is 0 Å². The van der Waals surface area contributed by atoms with Crippen LogP contribution in [0.5, 0.6) is 0 Å². The Hall–Kier alpha value is -2.23. The van der Waals surface area contributed by atoms with Crippen LogP contribution in [0.4, 0.5) is 0 Å². The van der Waals surface area contributed by atoms with Crippen molar-refractivity contribution in [2.45, 2.75) is 207 Å². The van der Waals surface area contributed by atoms with Crippen LogP contribution in [0.15, 0.2) is 24.3 Å². The van der Waals surface area contributed by atoms with Gasteiger partial charge in [0.1, 0.15) is 19.8 Å². The summed E-state index contributed by atoms with van der Waals surface area (Å²) in [6.07, 6.45) is 36.8. The summed E-state index contributed by atoms with van der Waals surface area (Å²) in [5.41, 5.74) is -0.576. The summed E-state index contributed by atoms with van der Waals surface area (Å²) in [5, 5.41) is 0. The third-order valence-electron chi connectivity index (χ3n) is 11.1. The van der Waals surface area contributed by atoms with Crippen LogP contribution < -0.4 is 0 Å². The summed E-state index contributed by atoms with van der Waals surface area (Å²) in [6, 6.07) is 0. The molecule has 0 N–H and O–H groups in total. The van der Waals surface area contributed by atoms with Crippen LogP contribution in [0.1, 0.15) is 201 Å². The van der Waals surface area contributed by atoms with Gasteiger partial charge in [-0.25, -0.2) is 0 Å². The predicted octanol–water partition coefficient (Wildman–Crippen LogP) is 12.2. The average molecular weight is 820 g/mol. The van der Waals surface area contributed by atoms with Crippen molar-refractivity contribution in [1.29, 1.82) is 0 Å². The summed E-state index contributed by atoms with van der Waals surface area (Å²) in [7, 11) is 2.00. The number of allylic oxidation sites excluding steroid dienone is 4. The van der Waals surface area contributed by atoms with Crippen LogP contribution in [-0.2, 0) is 38.1 Å². The highest BCUT2D eigenvalue weighted by Gasteiger charge is 2.40. The van der Waals surface area contributed by atoms with E-state index in [1.807, 2.05) is 14.0 Å². The molecule has 0 aromatic carbocycles. The third kappa shape index (κ3) is 30.8. The van der Waals surface area contributed by atoms with Gasteiger partial charge in [0.2, 0.25) is 0 Å². The number of rotatable bonds is 40. The Kier molecular flexibility index (Phi) is 35.0. The van der Waals surface area contributed by atoms with Crippen LogP contribution in [0.3, 0.4) is 0 Å². The minimum atomic E-state index is -0.576. The number of hydrogen-bond acceptors (Lipinski definition) is 9. The van der Waals surface area contributed by atoms with Gasteiger partial charge in [0.05, 0.1) is 17.8 Å². The largest absolute Gasteiger partial charge is 0.465 e. The summed E-state index contributed by atoms with van der Waals surface area (Å²) in [6.45, 7) is 11.4. The molecule has 0 radical (unpaired) electrons. The maximum absolute atomic E-state index is 13.1. The zero-order valence-corrected chi connectivity index (χ0v) is 38.2. The lowest BCUT2D eigenvalue weighted by Crippen LogP contribution is -2.35. The van der Waals surface area contributed by atoms with E-state index in [0.717, 1.165) is 83.6 Å². The van der Waals surface area contributed by atoms with Gasteiger partial charge in [0.25, 0.3) is 0 Å². The maximum Gasteiger partial charge on any atom is 0.313 e. The van der Waals surface area contributed by atoms with Gasteiger partial charge in [0.15, 0.2) is 6.29 Å². The molecule has 0 aliphatic carbocycles. The van der Waals surface area contributed by atoms with Crippen LogP contribution in [-0.4, -0.2) is 82.3 Å². The molecular weight excluding hydrogens is 731 g/mol. The molecule has 1 heterocycles. The average Bonchev–Trinajstić information content (AvgIpc) is 3.58. The molecule has 1 rings (SSSR count). The SMILES string of the molecule is CCCCC/C=C\C/C=C\CCCCCCCC(=O)OCC(COC(=O)CCC(OCCCCCCCC)OCCCCCCCC)COC(=O)C1(C)CCN(C)C1. The Morgan fingerprint density at radius 3 is 1.60 bits per heavy atom. The molecule has 1 aliphatic rings. The molecule has 0 aromatic heterocycles. The van der Waals surface area contributed by atoms with Crippen molar-refractivity contribution < 1.29 is 38.1 Å². The summed E-state index contributed by atoms with van der Waals surface area (Å²) >= 11 is 0. The van der Waals surface area contributed by atoms with Crippen molar-refractivity contribution in [3.8, 4) is 0 Å². The minimum absolute atomic E-state index is 0.00159. The van der Waals surface area contributed by atoms with Gasteiger partial charge in [-0.05, 0) is 78.3 Å². The van der Waals surface area contributed by atoms with E-state index < -0.39 is 17.6 Å². The Bertz CT molecular complexity index is 1050. The standard InChI is InChI=1S/C49H89NO8/c1-6-9-12-15-18-19-20-21-22-23-24-25-26-27-30-33-45(51)56-40-44(42-58-48(53)49(4)36-37-50(5)43-49)41-57-46(52)34-35-47(54-38-31-28-16-13-10-7-2)55-39-32-29-17-14-11-8-3/h18-19,21-22,44,47H,6-17,20,23-43H2,1-5H3/b19-18-,22-21-. The molecule has 9 nitrogen and oxygen atoms in total. The van der Waals surface area contributed by atoms with Gasteiger partial charge >= 0.3 is 17.9 Å². The van der Waals surface area contributed by atoms with Crippen LogP contribution in [0, 0.1) is 11.3 Å². The molecule has 2 atom stereocenters. The second-order valence-corrected chi connectivity index (χ2v) is 17.1. The molecule has 0 spiro atoms. The Labute approximate surface area is 356 Å². The second kappa shape index (κ2) is 37.7. The summed E-state index contributed by atoms with van der Waals surface area (Å²) < 4.78 is 29.3. The summed E-state index contributed by atoms with van der Waals surface area (Å²) in [5.74, 6) is -1.36. The first kappa shape index (κ1) is 53.8. The van der Waals surface area contributed by atoms with Gasteiger partial charge < -0.3 is 28.6 Å². The van der Waals surface area contributed by atoms with E-state index in [-0.39, 0.29) is 44.1 Å². The van der Waals surface area contributed by atoms with Crippen molar-refractivity contribution in [3.05, 3.63) is 24.3 Å². The first-order valence-corrected chi connectivity index (χ1v) is 23.9. The van der Waals surface area contributed by atoms with E-state index in [0.29, 0.717) is 32.6 Å². The lowest BCUT2D eigenvalue weighted by atomic mass is 9.90. The first-order chi connectivity index (χ1) is 28.2. The summed E-state index contributed by atoms with van der Waals surface area (Å²) in [4.78, 5) is 40.9. The zero-order valence-electron chi connectivity index (χ0n) is 38.2. The van der Waals surface area contributed by atoms with E-state index in [9.17, 15) is 14.4 Å². The molecular formula is C49H89NO8. The molecule has 0 amide bonds. The highest BCUT2D eigenvalue weighted by molar-refractivity contribution is 5.77. The van der Waals surface area contributed by atoms with Crippen molar-refractivity contribution in [2.75, 3.05) is 53.2 Å². The number of nitrogens with zero attached hydrogens (tertiary/aromatic N) is 1. The van der Waals surface area contributed by atoms with Crippen molar-refractivity contribution >= 4 is 17.9 Å². The normalized spacial score (nSPS) is 16.5. The Balaban J connectivity index is 2.52. The van der Waals surface area contributed by atoms with Gasteiger partial charge in [-0.15, -0.1) is 0 Å². The van der Waals surface area contributed by atoms with Crippen molar-refractivity contribution in [1.82, 2.24) is 4.90 Å². The maximum atomic E-state index is 13.1. The first-order valence-electron chi connectivity index (χ1n) is 23.9. The minimum Gasteiger partial charge on any atom is -0.465 e. The van der Waals surface area contributed by atoms with Gasteiger partial charge in [-0.3, -0.25) is 14.4 Å². The molecule has 2 unspecified atom stereocenters. The zero-order chi connectivity index (χ0) is 42.4. The van der Waals surface area contributed by atoms with Crippen molar-refractivity contribution in [2.24, 2.45) is 11.3 Å². The second-order valence-electron chi connectivity index (χ2n) is 17.1. The third-order valence-corrected chi connectivity index (χ3v) is 11.1. The number of ether oxygens (including phenoxy) is 5. The monoisotopic (exact) mass is 820 g/mol. The molecule has 0 bridgehead atoms. The molecule has 9 heteroatoms. The number of likely N-dealkylation sites (tertiary alicyclic amines) is 1. The quantitative estimate of drug-likeness (QED) is 0.0197.